The molecular formula is C18H17ClN2OS. The molecule has 0 saturated carbocycles. The summed E-state index contributed by atoms with van der Waals surface area (Å²) < 4.78 is 2.19. The molecule has 1 heterocycles. The summed E-state index contributed by atoms with van der Waals surface area (Å²) in [6.45, 7) is 2.37. The van der Waals surface area contributed by atoms with Crippen molar-refractivity contribution in [2.75, 3.05) is 5.75 Å². The zero-order valence-corrected chi connectivity index (χ0v) is 14.4. The third-order valence-electron chi connectivity index (χ3n) is 3.54. The fourth-order valence-electron chi connectivity index (χ4n) is 2.40. The molecule has 0 N–H and O–H groups in total. The largest absolute Gasteiger partial charge is 0.314 e. The first-order chi connectivity index (χ1) is 11.1. The van der Waals surface area contributed by atoms with E-state index in [1.54, 1.807) is 18.7 Å². The Morgan fingerprint density at radius 2 is 2.00 bits per heavy atom. The molecule has 0 aliphatic heterocycles. The second-order valence-corrected chi connectivity index (χ2v) is 6.90. The molecule has 2 aromatic carbocycles. The molecule has 0 spiro atoms. The van der Waals surface area contributed by atoms with Crippen LogP contribution in [0.2, 0.25) is 5.02 Å². The number of hydrogen-bond donors (Lipinski definition) is 0. The van der Waals surface area contributed by atoms with Gasteiger partial charge < -0.3 is 4.57 Å². The Morgan fingerprint density at radius 3 is 2.74 bits per heavy atom. The van der Waals surface area contributed by atoms with Gasteiger partial charge in [-0.1, -0.05) is 53.7 Å². The molecule has 0 fully saturated rings. The molecule has 118 valence electrons. The summed E-state index contributed by atoms with van der Waals surface area (Å²) in [5.74, 6) is 0.938. The van der Waals surface area contributed by atoms with Gasteiger partial charge in [-0.2, -0.15) is 0 Å². The van der Waals surface area contributed by atoms with Crippen molar-refractivity contribution in [2.24, 2.45) is 0 Å². The maximum atomic E-state index is 11.2. The molecule has 1 aromatic heterocycles. The summed E-state index contributed by atoms with van der Waals surface area (Å²) in [6, 6.07) is 16.1. The van der Waals surface area contributed by atoms with E-state index in [1.165, 1.54) is 5.56 Å². The van der Waals surface area contributed by atoms with Gasteiger partial charge in [-0.15, -0.1) is 0 Å². The van der Waals surface area contributed by atoms with Crippen LogP contribution in [0.4, 0.5) is 0 Å². The van der Waals surface area contributed by atoms with Crippen LogP contribution >= 0.6 is 23.4 Å². The zero-order chi connectivity index (χ0) is 16.2. The molecule has 5 heteroatoms. The summed E-state index contributed by atoms with van der Waals surface area (Å²) in [7, 11) is 0. The lowest BCUT2D eigenvalue weighted by atomic mass is 10.2. The van der Waals surface area contributed by atoms with Crippen LogP contribution in [0.25, 0.3) is 11.0 Å². The van der Waals surface area contributed by atoms with Gasteiger partial charge in [-0.25, -0.2) is 4.98 Å². The first kappa shape index (κ1) is 16.1. The van der Waals surface area contributed by atoms with E-state index in [9.17, 15) is 4.79 Å². The number of halogens is 1. The van der Waals surface area contributed by atoms with Crippen molar-refractivity contribution in [3.63, 3.8) is 0 Å². The monoisotopic (exact) mass is 344 g/mol. The number of imidazole rings is 1. The highest BCUT2D eigenvalue weighted by molar-refractivity contribution is 7.99. The number of thioether (sulfide) groups is 1. The second kappa shape index (κ2) is 7.20. The molecule has 3 nitrogen and oxygen atoms in total. The van der Waals surface area contributed by atoms with E-state index in [0.29, 0.717) is 11.4 Å². The molecule has 0 bridgehead atoms. The van der Waals surface area contributed by atoms with E-state index in [2.05, 4.69) is 16.7 Å². The van der Waals surface area contributed by atoms with Crippen molar-refractivity contribution in [3.8, 4) is 0 Å². The number of Topliss-reactive ketones (excluding diaryl/α,β-unsaturated/α-hetero) is 1. The van der Waals surface area contributed by atoms with Gasteiger partial charge in [-0.3, -0.25) is 4.79 Å². The average molecular weight is 345 g/mol. The highest BCUT2D eigenvalue weighted by atomic mass is 35.5. The summed E-state index contributed by atoms with van der Waals surface area (Å²) in [5.41, 5.74) is 3.16. The van der Waals surface area contributed by atoms with Gasteiger partial charge in [0.15, 0.2) is 5.16 Å². The number of carbonyl (C=O) groups excluding carboxylic acids is 1. The molecule has 0 saturated heterocycles. The minimum Gasteiger partial charge on any atom is -0.314 e. The van der Waals surface area contributed by atoms with E-state index >= 15 is 0 Å². The van der Waals surface area contributed by atoms with Crippen molar-refractivity contribution < 1.29 is 4.79 Å². The number of benzene rings is 2. The van der Waals surface area contributed by atoms with Crippen LogP contribution in [0.1, 0.15) is 18.9 Å². The van der Waals surface area contributed by atoms with Crippen LogP contribution in [0.15, 0.2) is 53.7 Å². The molecule has 0 aliphatic rings. The Labute approximate surface area is 144 Å². The number of fused-ring (bicyclic) bond motifs is 1. The highest BCUT2D eigenvalue weighted by Crippen LogP contribution is 2.27. The zero-order valence-electron chi connectivity index (χ0n) is 12.8. The Morgan fingerprint density at radius 1 is 1.22 bits per heavy atom. The molecular weight excluding hydrogens is 328 g/mol. The maximum Gasteiger partial charge on any atom is 0.169 e. The van der Waals surface area contributed by atoms with Crippen LogP contribution < -0.4 is 0 Å². The maximum absolute atomic E-state index is 11.2. The van der Waals surface area contributed by atoms with E-state index in [0.717, 1.165) is 28.5 Å². The van der Waals surface area contributed by atoms with Gasteiger partial charge in [0.1, 0.15) is 5.78 Å². The van der Waals surface area contributed by atoms with Gasteiger partial charge >= 0.3 is 0 Å². The molecule has 3 aromatic rings. The SMILES string of the molecule is CC(=O)CCSc1nc2cc(Cl)ccc2n1Cc1ccccc1. The van der Waals surface area contributed by atoms with Gasteiger partial charge in [0.2, 0.25) is 0 Å². The second-order valence-electron chi connectivity index (χ2n) is 5.40. The number of nitrogens with zero attached hydrogens (tertiary/aromatic N) is 2. The van der Waals surface area contributed by atoms with Gasteiger partial charge in [0.25, 0.3) is 0 Å². The smallest absolute Gasteiger partial charge is 0.169 e. The van der Waals surface area contributed by atoms with Crippen molar-refractivity contribution in [3.05, 3.63) is 59.1 Å². The lowest BCUT2D eigenvalue weighted by molar-refractivity contribution is -0.116. The van der Waals surface area contributed by atoms with Crippen LogP contribution in [0.3, 0.4) is 0 Å². The Bertz CT molecular complexity index is 830. The Balaban J connectivity index is 1.96. The minimum absolute atomic E-state index is 0.200. The van der Waals surface area contributed by atoms with E-state index in [4.69, 9.17) is 16.6 Å². The van der Waals surface area contributed by atoms with Crippen LogP contribution in [0, 0.1) is 0 Å². The van der Waals surface area contributed by atoms with Gasteiger partial charge in [-0.05, 0) is 30.7 Å². The van der Waals surface area contributed by atoms with Crippen LogP contribution in [0.5, 0.6) is 0 Å². The molecule has 0 aliphatic carbocycles. The molecule has 0 radical (unpaired) electrons. The molecule has 0 amide bonds. The predicted octanol–water partition coefficient (Wildman–Crippen LogP) is 4.81. The molecule has 23 heavy (non-hydrogen) atoms. The lowest BCUT2D eigenvalue weighted by Gasteiger charge is -2.09. The predicted molar refractivity (Wildman–Crippen MR) is 96.3 cm³/mol. The Kier molecular flexibility index (Phi) is 5.03. The number of ketones is 1. The highest BCUT2D eigenvalue weighted by Gasteiger charge is 2.12. The van der Waals surface area contributed by atoms with Gasteiger partial charge in [0, 0.05) is 17.2 Å². The number of carbonyl (C=O) groups is 1. The molecule has 3 rings (SSSR count). The Hall–Kier alpha value is -1.78. The normalized spacial score (nSPS) is 11.0. The first-order valence-electron chi connectivity index (χ1n) is 7.45. The summed E-state index contributed by atoms with van der Waals surface area (Å²) in [5, 5.41) is 1.61. The fraction of sp³-hybridized carbons (Fsp3) is 0.222. The van der Waals surface area contributed by atoms with Crippen molar-refractivity contribution in [2.45, 2.75) is 25.0 Å². The first-order valence-corrected chi connectivity index (χ1v) is 8.82. The van der Waals surface area contributed by atoms with Crippen LogP contribution in [-0.4, -0.2) is 21.1 Å². The van der Waals surface area contributed by atoms with Gasteiger partial charge in [0.05, 0.1) is 17.6 Å². The summed E-state index contributed by atoms with van der Waals surface area (Å²) in [4.78, 5) is 15.9. The van der Waals surface area contributed by atoms with Crippen LogP contribution in [-0.2, 0) is 11.3 Å². The third kappa shape index (κ3) is 3.95. The van der Waals surface area contributed by atoms with E-state index in [1.807, 2.05) is 36.4 Å². The third-order valence-corrected chi connectivity index (χ3v) is 4.76. The van der Waals surface area contributed by atoms with E-state index < -0.39 is 0 Å². The summed E-state index contributed by atoms with van der Waals surface area (Å²) in [6.07, 6.45) is 0.556. The number of aromatic nitrogens is 2. The van der Waals surface area contributed by atoms with Crippen molar-refractivity contribution in [1.82, 2.24) is 9.55 Å². The quantitative estimate of drug-likeness (QED) is 0.602. The van der Waals surface area contributed by atoms with Crippen molar-refractivity contribution >= 4 is 40.2 Å². The summed E-state index contributed by atoms with van der Waals surface area (Å²) >= 11 is 7.70. The van der Waals surface area contributed by atoms with Crippen molar-refractivity contribution in [1.29, 1.82) is 0 Å². The standard InChI is InChI=1S/C18H17ClN2OS/c1-13(22)9-10-23-18-20-16-11-15(19)7-8-17(16)21(18)12-14-5-3-2-4-6-14/h2-8,11H,9-10,12H2,1H3. The number of rotatable bonds is 6. The lowest BCUT2D eigenvalue weighted by Crippen LogP contribution is -2.02. The minimum atomic E-state index is 0.200. The fourth-order valence-corrected chi connectivity index (χ4v) is 3.62. The topological polar surface area (TPSA) is 34.9 Å². The average Bonchev–Trinajstić information content (AvgIpc) is 2.85. The van der Waals surface area contributed by atoms with E-state index in [-0.39, 0.29) is 5.78 Å². The number of hydrogen-bond acceptors (Lipinski definition) is 3. The molecule has 0 atom stereocenters. The molecule has 0 unspecified atom stereocenters.